The van der Waals surface area contributed by atoms with Crippen molar-refractivity contribution in [2.75, 3.05) is 13.7 Å². The van der Waals surface area contributed by atoms with Gasteiger partial charge in [-0.15, -0.1) is 11.3 Å². The van der Waals surface area contributed by atoms with Crippen molar-refractivity contribution in [3.8, 4) is 0 Å². The molecule has 0 aliphatic heterocycles. The molecule has 0 saturated heterocycles. The van der Waals surface area contributed by atoms with Gasteiger partial charge in [-0.05, 0) is 34.5 Å². The molecule has 4 heteroatoms. The first-order valence-electron chi connectivity index (χ1n) is 3.71. The second kappa shape index (κ2) is 4.97. The quantitative estimate of drug-likeness (QED) is 0.887. The van der Waals surface area contributed by atoms with Crippen molar-refractivity contribution in [1.29, 1.82) is 0 Å². The highest BCUT2D eigenvalue weighted by molar-refractivity contribution is 9.11. The number of nitrogens with two attached hydrogens (primary N) is 1. The van der Waals surface area contributed by atoms with Gasteiger partial charge in [0.05, 0.1) is 10.4 Å². The highest BCUT2D eigenvalue weighted by Gasteiger charge is 2.04. The Labute approximate surface area is 84.9 Å². The normalized spacial score (nSPS) is 13.2. The van der Waals surface area contributed by atoms with Gasteiger partial charge in [-0.2, -0.15) is 0 Å². The van der Waals surface area contributed by atoms with E-state index in [0.717, 1.165) is 10.2 Å². The summed E-state index contributed by atoms with van der Waals surface area (Å²) in [6.07, 6.45) is 0.893. The Balaban J connectivity index is 2.41. The van der Waals surface area contributed by atoms with Crippen LogP contribution in [0.4, 0.5) is 0 Å². The Bertz CT molecular complexity index is 239. The van der Waals surface area contributed by atoms with E-state index in [4.69, 9.17) is 10.5 Å². The minimum Gasteiger partial charge on any atom is -0.383 e. The average molecular weight is 250 g/mol. The third-order valence-corrected chi connectivity index (χ3v) is 3.12. The lowest BCUT2D eigenvalue weighted by Gasteiger charge is -2.07. The molecular weight excluding hydrogens is 238 g/mol. The lowest BCUT2D eigenvalue weighted by molar-refractivity contribution is 0.180. The smallest absolute Gasteiger partial charge is 0.0701 e. The Morgan fingerprint density at radius 1 is 1.67 bits per heavy atom. The summed E-state index contributed by atoms with van der Waals surface area (Å²) >= 11 is 5.13. The molecule has 1 unspecified atom stereocenters. The first-order valence-corrected chi connectivity index (χ1v) is 5.32. The molecule has 1 aromatic rings. The average Bonchev–Trinajstić information content (AvgIpc) is 2.36. The van der Waals surface area contributed by atoms with Crippen molar-refractivity contribution in [1.82, 2.24) is 0 Å². The van der Waals surface area contributed by atoms with Gasteiger partial charge < -0.3 is 10.5 Å². The summed E-state index contributed by atoms with van der Waals surface area (Å²) < 4.78 is 6.11. The molecule has 2 N–H and O–H groups in total. The van der Waals surface area contributed by atoms with Crippen molar-refractivity contribution in [3.05, 3.63) is 20.8 Å². The Morgan fingerprint density at radius 2 is 2.42 bits per heavy atom. The fourth-order valence-corrected chi connectivity index (χ4v) is 2.57. The van der Waals surface area contributed by atoms with Crippen molar-refractivity contribution in [3.63, 3.8) is 0 Å². The van der Waals surface area contributed by atoms with Crippen molar-refractivity contribution in [2.45, 2.75) is 12.5 Å². The van der Waals surface area contributed by atoms with Gasteiger partial charge in [0.25, 0.3) is 0 Å². The third-order valence-electron chi connectivity index (χ3n) is 1.47. The number of halogens is 1. The summed E-state index contributed by atoms with van der Waals surface area (Å²) in [4.78, 5) is 1.30. The van der Waals surface area contributed by atoms with E-state index in [2.05, 4.69) is 22.0 Å². The first-order chi connectivity index (χ1) is 5.72. The van der Waals surface area contributed by atoms with Crippen molar-refractivity contribution < 1.29 is 4.74 Å². The molecule has 2 nitrogen and oxygen atoms in total. The summed E-state index contributed by atoms with van der Waals surface area (Å²) in [5.74, 6) is 0. The van der Waals surface area contributed by atoms with E-state index < -0.39 is 0 Å². The van der Waals surface area contributed by atoms with Crippen molar-refractivity contribution in [2.24, 2.45) is 5.73 Å². The highest BCUT2D eigenvalue weighted by atomic mass is 79.9. The summed E-state index contributed by atoms with van der Waals surface area (Å²) in [7, 11) is 1.67. The lowest BCUT2D eigenvalue weighted by atomic mass is 10.2. The van der Waals surface area contributed by atoms with Gasteiger partial charge >= 0.3 is 0 Å². The van der Waals surface area contributed by atoms with Crippen LogP contribution < -0.4 is 5.73 Å². The topological polar surface area (TPSA) is 35.2 Å². The van der Waals surface area contributed by atoms with Crippen LogP contribution in [0, 0.1) is 0 Å². The maximum absolute atomic E-state index is 5.79. The minimum absolute atomic E-state index is 0.112. The van der Waals surface area contributed by atoms with Crippen LogP contribution in [-0.2, 0) is 11.2 Å². The van der Waals surface area contributed by atoms with Crippen LogP contribution in [0.1, 0.15) is 4.88 Å². The molecule has 0 saturated carbocycles. The maximum Gasteiger partial charge on any atom is 0.0701 e. The second-order valence-electron chi connectivity index (χ2n) is 2.63. The van der Waals surface area contributed by atoms with E-state index in [9.17, 15) is 0 Å². The van der Waals surface area contributed by atoms with Gasteiger partial charge in [-0.25, -0.2) is 0 Å². The van der Waals surface area contributed by atoms with E-state index in [1.165, 1.54) is 4.88 Å². The molecule has 68 valence electrons. The minimum atomic E-state index is 0.112. The standard InChI is InChI=1S/C8H12BrNOS/c1-11-5-6(10)4-7-2-3-8(9)12-7/h2-3,6H,4-5,10H2,1H3. The zero-order valence-electron chi connectivity index (χ0n) is 6.92. The Kier molecular flexibility index (Phi) is 4.21. The van der Waals surface area contributed by atoms with Gasteiger partial charge in [-0.1, -0.05) is 0 Å². The van der Waals surface area contributed by atoms with E-state index >= 15 is 0 Å². The fraction of sp³-hybridized carbons (Fsp3) is 0.500. The molecule has 0 aliphatic carbocycles. The highest BCUT2D eigenvalue weighted by Crippen LogP contribution is 2.22. The number of rotatable bonds is 4. The summed E-state index contributed by atoms with van der Waals surface area (Å²) in [5.41, 5.74) is 5.79. The van der Waals surface area contributed by atoms with E-state index in [-0.39, 0.29) is 6.04 Å². The van der Waals surface area contributed by atoms with Crippen LogP contribution in [0.2, 0.25) is 0 Å². The molecular formula is C8H12BrNOS. The molecule has 1 atom stereocenters. The number of hydrogen-bond donors (Lipinski definition) is 1. The fourth-order valence-electron chi connectivity index (χ4n) is 0.993. The summed E-state index contributed by atoms with van der Waals surface area (Å²) in [5, 5.41) is 0. The molecule has 1 rings (SSSR count). The molecule has 0 spiro atoms. The molecule has 0 amide bonds. The lowest BCUT2D eigenvalue weighted by Crippen LogP contribution is -2.27. The summed E-state index contributed by atoms with van der Waals surface area (Å²) in [6, 6.07) is 4.24. The zero-order valence-corrected chi connectivity index (χ0v) is 9.32. The van der Waals surface area contributed by atoms with Gasteiger partial charge in [0.1, 0.15) is 0 Å². The molecule has 0 fully saturated rings. The zero-order chi connectivity index (χ0) is 8.97. The largest absolute Gasteiger partial charge is 0.383 e. The molecule has 12 heavy (non-hydrogen) atoms. The third kappa shape index (κ3) is 3.23. The summed E-state index contributed by atoms with van der Waals surface area (Å²) in [6.45, 7) is 0.621. The molecule has 1 aromatic heterocycles. The predicted molar refractivity (Wildman–Crippen MR) is 55.6 cm³/mol. The van der Waals surface area contributed by atoms with E-state index in [1.54, 1.807) is 18.4 Å². The van der Waals surface area contributed by atoms with Crippen LogP contribution >= 0.6 is 27.3 Å². The number of ether oxygens (including phenoxy) is 1. The van der Waals surface area contributed by atoms with Gasteiger partial charge in [-0.3, -0.25) is 0 Å². The monoisotopic (exact) mass is 249 g/mol. The van der Waals surface area contributed by atoms with Crippen molar-refractivity contribution >= 4 is 27.3 Å². The molecule has 0 radical (unpaired) electrons. The Hall–Kier alpha value is 0.1000. The van der Waals surface area contributed by atoms with Crippen LogP contribution in [0.5, 0.6) is 0 Å². The van der Waals surface area contributed by atoms with E-state index in [0.29, 0.717) is 6.61 Å². The van der Waals surface area contributed by atoms with Crippen LogP contribution in [0.25, 0.3) is 0 Å². The molecule has 1 heterocycles. The number of hydrogen-bond acceptors (Lipinski definition) is 3. The van der Waals surface area contributed by atoms with Crippen LogP contribution in [-0.4, -0.2) is 19.8 Å². The number of methoxy groups -OCH3 is 1. The van der Waals surface area contributed by atoms with Crippen LogP contribution in [0.15, 0.2) is 15.9 Å². The number of thiophene rings is 1. The second-order valence-corrected chi connectivity index (χ2v) is 5.17. The van der Waals surface area contributed by atoms with E-state index in [1.807, 2.05) is 6.07 Å². The van der Waals surface area contributed by atoms with Gasteiger partial charge in [0.15, 0.2) is 0 Å². The maximum atomic E-state index is 5.79. The predicted octanol–water partition coefficient (Wildman–Crippen LogP) is 2.03. The molecule has 0 aromatic carbocycles. The van der Waals surface area contributed by atoms with Gasteiger partial charge in [0, 0.05) is 18.0 Å². The SMILES string of the molecule is COCC(N)Cc1ccc(Br)s1. The molecule has 0 aliphatic rings. The molecule has 0 bridgehead atoms. The van der Waals surface area contributed by atoms with Crippen LogP contribution in [0.3, 0.4) is 0 Å². The Morgan fingerprint density at radius 3 is 2.92 bits per heavy atom. The van der Waals surface area contributed by atoms with Gasteiger partial charge in [0.2, 0.25) is 0 Å². The first kappa shape index (κ1) is 10.2.